The maximum atomic E-state index is 2.41. The van der Waals surface area contributed by atoms with Gasteiger partial charge >= 0.3 is 0 Å². The minimum absolute atomic E-state index is 0.939. The van der Waals surface area contributed by atoms with Crippen LogP contribution in [0.5, 0.6) is 0 Å². The largest absolute Gasteiger partial charge is 0.0654 e. The minimum atomic E-state index is 0.939. The number of unbranched alkanes of at least 4 members (excludes halogenated alkanes) is 2. The first-order chi connectivity index (χ1) is 6.20. The van der Waals surface area contributed by atoms with Gasteiger partial charge in [0.15, 0.2) is 0 Å². The van der Waals surface area contributed by atoms with E-state index in [-0.39, 0.29) is 0 Å². The molecule has 0 aliphatic rings. The van der Waals surface area contributed by atoms with E-state index in [1.165, 1.54) is 44.9 Å². The van der Waals surface area contributed by atoms with Gasteiger partial charge in [-0.1, -0.05) is 72.6 Å². The van der Waals surface area contributed by atoms with E-state index in [0.29, 0.717) is 0 Å². The van der Waals surface area contributed by atoms with E-state index in [0.717, 1.165) is 11.8 Å². The maximum absolute atomic E-state index is 2.41. The second kappa shape index (κ2) is 8.59. The van der Waals surface area contributed by atoms with Crippen LogP contribution in [-0.2, 0) is 0 Å². The molecule has 0 nitrogen and oxygen atoms in total. The van der Waals surface area contributed by atoms with Gasteiger partial charge in [0.05, 0.1) is 0 Å². The van der Waals surface area contributed by atoms with Gasteiger partial charge in [-0.15, -0.1) is 0 Å². The van der Waals surface area contributed by atoms with Gasteiger partial charge in [0, 0.05) is 0 Å². The highest BCUT2D eigenvalue weighted by molar-refractivity contribution is 4.57. The Labute approximate surface area is 85.1 Å². The molecule has 2 atom stereocenters. The molecule has 0 bridgehead atoms. The Bertz CT molecular complexity index is 96.2. The van der Waals surface area contributed by atoms with E-state index >= 15 is 0 Å². The predicted molar refractivity (Wildman–Crippen MR) is 62.0 cm³/mol. The molecule has 0 aliphatic heterocycles. The average Bonchev–Trinajstić information content (AvgIpc) is 2.14. The van der Waals surface area contributed by atoms with Gasteiger partial charge in [-0.2, -0.15) is 0 Å². The third-order valence-electron chi connectivity index (χ3n) is 3.15. The molecule has 0 fully saturated rings. The highest BCUT2D eigenvalue weighted by Gasteiger charge is 2.04. The summed E-state index contributed by atoms with van der Waals surface area (Å²) < 4.78 is 0. The van der Waals surface area contributed by atoms with Crippen molar-refractivity contribution in [3.05, 3.63) is 0 Å². The van der Waals surface area contributed by atoms with Gasteiger partial charge in [-0.3, -0.25) is 0 Å². The van der Waals surface area contributed by atoms with Crippen molar-refractivity contribution < 1.29 is 0 Å². The number of hydrogen-bond donors (Lipinski definition) is 0. The highest BCUT2D eigenvalue weighted by atomic mass is 14.1. The third kappa shape index (κ3) is 8.33. The SMILES string of the molecule is CCCCC[C@@H](C)CC[C@@H](C)CC. The number of rotatable bonds is 8. The molecule has 0 saturated heterocycles. The van der Waals surface area contributed by atoms with E-state index in [1.54, 1.807) is 0 Å². The minimum Gasteiger partial charge on any atom is -0.0654 e. The van der Waals surface area contributed by atoms with Crippen molar-refractivity contribution in [2.75, 3.05) is 0 Å². The van der Waals surface area contributed by atoms with Crippen molar-refractivity contribution in [2.45, 2.75) is 72.6 Å². The fraction of sp³-hybridized carbons (Fsp3) is 1.00. The first kappa shape index (κ1) is 13.0. The lowest BCUT2D eigenvalue weighted by Gasteiger charge is -2.13. The van der Waals surface area contributed by atoms with Crippen LogP contribution < -0.4 is 0 Å². The molecule has 0 rings (SSSR count). The van der Waals surface area contributed by atoms with Crippen molar-refractivity contribution >= 4 is 0 Å². The van der Waals surface area contributed by atoms with Crippen LogP contribution in [-0.4, -0.2) is 0 Å². The molecule has 0 unspecified atom stereocenters. The summed E-state index contributed by atoms with van der Waals surface area (Å²) in [4.78, 5) is 0. The molecule has 0 aliphatic carbocycles. The summed E-state index contributed by atoms with van der Waals surface area (Å²) in [6.45, 7) is 9.37. The molecule has 0 aromatic heterocycles. The Morgan fingerprint density at radius 2 is 1.38 bits per heavy atom. The normalized spacial score (nSPS) is 15.7. The molecule has 0 spiro atoms. The summed E-state index contributed by atoms with van der Waals surface area (Å²) in [6, 6.07) is 0. The average molecular weight is 184 g/mol. The Balaban J connectivity index is 3.24. The fourth-order valence-corrected chi connectivity index (χ4v) is 1.66. The summed E-state index contributed by atoms with van der Waals surface area (Å²) in [7, 11) is 0. The molecule has 0 saturated carbocycles. The van der Waals surface area contributed by atoms with E-state index in [4.69, 9.17) is 0 Å². The van der Waals surface area contributed by atoms with Gasteiger partial charge < -0.3 is 0 Å². The Kier molecular flexibility index (Phi) is 8.59. The molecule has 13 heavy (non-hydrogen) atoms. The lowest BCUT2D eigenvalue weighted by molar-refractivity contribution is 0.395. The molecule has 0 heteroatoms. The van der Waals surface area contributed by atoms with Crippen LogP contribution in [0.15, 0.2) is 0 Å². The highest BCUT2D eigenvalue weighted by Crippen LogP contribution is 2.19. The van der Waals surface area contributed by atoms with E-state index < -0.39 is 0 Å². The lowest BCUT2D eigenvalue weighted by Crippen LogP contribution is -1.99. The molecule has 80 valence electrons. The molecule has 0 radical (unpaired) electrons. The molecule has 0 heterocycles. The van der Waals surface area contributed by atoms with Crippen LogP contribution in [0.25, 0.3) is 0 Å². The van der Waals surface area contributed by atoms with Gasteiger partial charge in [0.2, 0.25) is 0 Å². The van der Waals surface area contributed by atoms with Crippen LogP contribution in [0.2, 0.25) is 0 Å². The summed E-state index contributed by atoms with van der Waals surface area (Å²) in [6.07, 6.45) is 9.90. The van der Waals surface area contributed by atoms with Crippen LogP contribution in [0.4, 0.5) is 0 Å². The third-order valence-corrected chi connectivity index (χ3v) is 3.15. The second-order valence-corrected chi connectivity index (χ2v) is 4.69. The summed E-state index contributed by atoms with van der Waals surface area (Å²) >= 11 is 0. The van der Waals surface area contributed by atoms with Crippen molar-refractivity contribution in [3.63, 3.8) is 0 Å². The van der Waals surface area contributed by atoms with E-state index in [2.05, 4.69) is 27.7 Å². The zero-order valence-electron chi connectivity index (χ0n) is 10.1. The zero-order valence-corrected chi connectivity index (χ0v) is 10.1. The molecule has 0 amide bonds. The van der Waals surface area contributed by atoms with Crippen molar-refractivity contribution in [2.24, 2.45) is 11.8 Å². The van der Waals surface area contributed by atoms with Gasteiger partial charge in [-0.05, 0) is 11.8 Å². The first-order valence-corrected chi connectivity index (χ1v) is 6.20. The first-order valence-electron chi connectivity index (χ1n) is 6.20. The molecule has 0 aromatic rings. The van der Waals surface area contributed by atoms with Crippen LogP contribution >= 0.6 is 0 Å². The van der Waals surface area contributed by atoms with E-state index in [9.17, 15) is 0 Å². The Hall–Kier alpha value is 0. The zero-order chi connectivity index (χ0) is 10.1. The topological polar surface area (TPSA) is 0 Å². The van der Waals surface area contributed by atoms with Crippen molar-refractivity contribution in [1.29, 1.82) is 0 Å². The van der Waals surface area contributed by atoms with Crippen molar-refractivity contribution in [1.82, 2.24) is 0 Å². The Morgan fingerprint density at radius 3 is 1.92 bits per heavy atom. The molecular weight excluding hydrogens is 156 g/mol. The second-order valence-electron chi connectivity index (χ2n) is 4.69. The summed E-state index contributed by atoms with van der Waals surface area (Å²) in [5.41, 5.74) is 0. The lowest BCUT2D eigenvalue weighted by atomic mass is 9.93. The summed E-state index contributed by atoms with van der Waals surface area (Å²) in [5, 5.41) is 0. The van der Waals surface area contributed by atoms with Crippen LogP contribution in [0.3, 0.4) is 0 Å². The summed E-state index contributed by atoms with van der Waals surface area (Å²) in [5.74, 6) is 1.90. The van der Waals surface area contributed by atoms with Gasteiger partial charge in [0.25, 0.3) is 0 Å². The fourth-order valence-electron chi connectivity index (χ4n) is 1.66. The quantitative estimate of drug-likeness (QED) is 0.464. The molecular formula is C13H28. The van der Waals surface area contributed by atoms with E-state index in [1.807, 2.05) is 0 Å². The maximum Gasteiger partial charge on any atom is -0.0443 e. The van der Waals surface area contributed by atoms with Gasteiger partial charge in [-0.25, -0.2) is 0 Å². The number of hydrogen-bond acceptors (Lipinski definition) is 0. The van der Waals surface area contributed by atoms with Crippen LogP contribution in [0, 0.1) is 11.8 Å². The molecule has 0 N–H and O–H groups in total. The van der Waals surface area contributed by atoms with Gasteiger partial charge in [0.1, 0.15) is 0 Å². The monoisotopic (exact) mass is 184 g/mol. The standard InChI is InChI=1S/C13H28/c1-5-7-8-9-13(4)11-10-12(3)6-2/h12-13H,5-11H2,1-4H3/t12-,13+/m0/s1. The molecule has 0 aromatic carbocycles. The van der Waals surface area contributed by atoms with Crippen molar-refractivity contribution in [3.8, 4) is 0 Å². The predicted octanol–water partition coefficient (Wildman–Crippen LogP) is 5.03. The van der Waals surface area contributed by atoms with Crippen LogP contribution in [0.1, 0.15) is 72.6 Å². The smallest absolute Gasteiger partial charge is 0.0443 e. The Morgan fingerprint density at radius 1 is 0.769 bits per heavy atom.